The van der Waals surface area contributed by atoms with E-state index < -0.39 is 38.4 Å². The Balaban J connectivity index is 1.46. The number of imidazole rings is 1. The van der Waals surface area contributed by atoms with Crippen LogP contribution < -0.4 is 4.74 Å². The largest absolute Gasteiger partial charge is 0.491 e. The molecular weight excluding hydrogens is 538 g/mol. The number of hydrogen-bond acceptors (Lipinski definition) is 5. The number of rotatable bonds is 5. The number of halogens is 4. The van der Waals surface area contributed by atoms with E-state index >= 15 is 4.39 Å². The van der Waals surface area contributed by atoms with Gasteiger partial charge in [-0.05, 0) is 53.9 Å². The first-order valence-corrected chi connectivity index (χ1v) is 13.7. The summed E-state index contributed by atoms with van der Waals surface area (Å²) >= 11 is 0. The number of aromatic amines is 1. The molecule has 4 aromatic rings. The maximum absolute atomic E-state index is 15.2. The molecule has 5 rings (SSSR count). The van der Waals surface area contributed by atoms with Crippen molar-refractivity contribution in [3.05, 3.63) is 77.4 Å². The smallest absolute Gasteiger partial charge is 0.403 e. The Labute approximate surface area is 221 Å². The predicted molar refractivity (Wildman–Crippen MR) is 136 cm³/mol. The summed E-state index contributed by atoms with van der Waals surface area (Å²) in [7, 11) is -4.99. The third-order valence-corrected chi connectivity index (χ3v) is 8.25. The minimum atomic E-state index is -5.03. The van der Waals surface area contributed by atoms with E-state index in [1.54, 1.807) is 6.33 Å². The quantitative estimate of drug-likeness (QED) is 0.334. The van der Waals surface area contributed by atoms with Gasteiger partial charge in [-0.1, -0.05) is 19.1 Å². The van der Waals surface area contributed by atoms with E-state index in [1.165, 1.54) is 11.8 Å². The van der Waals surface area contributed by atoms with Crippen molar-refractivity contribution >= 4 is 26.8 Å². The van der Waals surface area contributed by atoms with Crippen LogP contribution in [0.15, 0.2) is 59.8 Å². The maximum atomic E-state index is 15.2. The predicted octanol–water partition coefficient (Wildman–Crippen LogP) is 5.30. The standard InChI is InChI=1S/C27H23F4N3O4S/c1-2-19-20(5-8-24(25(19)28)39(36,37)14-27(29,30)31)26(35)34-9-10-38-23-7-4-16(11-18(23)13-34)17-3-6-21-22(12-17)33-15-32-21/h3-8,11-12,15H,2,9-10,13-14H2,1H3,(H,32,33). The van der Waals surface area contributed by atoms with Crippen molar-refractivity contribution in [3.63, 3.8) is 0 Å². The first-order chi connectivity index (χ1) is 18.5. The van der Waals surface area contributed by atoms with Gasteiger partial charge >= 0.3 is 6.18 Å². The van der Waals surface area contributed by atoms with Crippen LogP contribution in [-0.4, -0.2) is 54.3 Å². The monoisotopic (exact) mass is 561 g/mol. The van der Waals surface area contributed by atoms with Gasteiger partial charge < -0.3 is 14.6 Å². The van der Waals surface area contributed by atoms with Crippen LogP contribution in [0.1, 0.15) is 28.4 Å². The van der Waals surface area contributed by atoms with E-state index in [-0.39, 0.29) is 37.2 Å². The van der Waals surface area contributed by atoms with Crippen LogP contribution >= 0.6 is 0 Å². The normalized spacial score (nSPS) is 14.1. The summed E-state index contributed by atoms with van der Waals surface area (Å²) in [6.07, 6.45) is -3.52. The van der Waals surface area contributed by atoms with E-state index in [0.717, 1.165) is 34.3 Å². The number of carbonyl (C=O) groups is 1. The lowest BCUT2D eigenvalue weighted by molar-refractivity contribution is -0.106. The van der Waals surface area contributed by atoms with Crippen LogP contribution in [-0.2, 0) is 22.8 Å². The lowest BCUT2D eigenvalue weighted by Gasteiger charge is -2.22. The molecule has 0 fully saturated rings. The summed E-state index contributed by atoms with van der Waals surface area (Å²) in [5.74, 6) is -3.52. The molecule has 7 nitrogen and oxygen atoms in total. The average molecular weight is 562 g/mol. The second-order valence-corrected chi connectivity index (χ2v) is 11.1. The summed E-state index contributed by atoms with van der Waals surface area (Å²) in [4.78, 5) is 21.2. The fourth-order valence-electron chi connectivity index (χ4n) is 4.71. The zero-order valence-corrected chi connectivity index (χ0v) is 21.5. The molecule has 0 radical (unpaired) electrons. The second-order valence-electron chi connectivity index (χ2n) is 9.16. The number of amides is 1. The molecule has 204 valence electrons. The number of nitrogens with one attached hydrogen (secondary N) is 1. The highest BCUT2D eigenvalue weighted by Gasteiger charge is 2.38. The summed E-state index contributed by atoms with van der Waals surface area (Å²) < 4.78 is 83.8. The Kier molecular flexibility index (Phi) is 6.83. The molecule has 0 spiro atoms. The molecule has 0 saturated carbocycles. The number of alkyl halides is 3. The molecular formula is C27H23F4N3O4S. The third kappa shape index (κ3) is 5.33. The van der Waals surface area contributed by atoms with Gasteiger partial charge in [-0.2, -0.15) is 13.2 Å². The van der Waals surface area contributed by atoms with Crippen molar-refractivity contribution in [1.82, 2.24) is 14.9 Å². The van der Waals surface area contributed by atoms with Crippen LogP contribution in [0.25, 0.3) is 22.2 Å². The van der Waals surface area contributed by atoms with E-state index in [9.17, 15) is 26.4 Å². The third-order valence-electron chi connectivity index (χ3n) is 6.56. The highest BCUT2D eigenvalue weighted by Crippen LogP contribution is 2.32. The van der Waals surface area contributed by atoms with E-state index in [2.05, 4.69) is 9.97 Å². The highest BCUT2D eigenvalue weighted by atomic mass is 32.2. The molecule has 0 unspecified atom stereocenters. The van der Waals surface area contributed by atoms with Crippen molar-refractivity contribution in [3.8, 4) is 16.9 Å². The SMILES string of the molecule is CCc1c(C(=O)N2CCOc3ccc(-c4ccc5nc[nH]c5c4)cc3C2)ccc(S(=O)(=O)CC(F)(F)F)c1F. The van der Waals surface area contributed by atoms with E-state index in [1.807, 2.05) is 36.4 Å². The number of fused-ring (bicyclic) bond motifs is 2. The molecule has 1 aliphatic rings. The molecule has 3 aromatic carbocycles. The molecule has 12 heteroatoms. The van der Waals surface area contributed by atoms with Crippen molar-refractivity contribution in [2.45, 2.75) is 31.0 Å². The Morgan fingerprint density at radius 3 is 2.59 bits per heavy atom. The maximum Gasteiger partial charge on any atom is 0.403 e. The van der Waals surface area contributed by atoms with E-state index in [4.69, 9.17) is 4.74 Å². The Morgan fingerprint density at radius 1 is 1.10 bits per heavy atom. The summed E-state index contributed by atoms with van der Waals surface area (Å²) in [5, 5.41) is 0. The van der Waals surface area contributed by atoms with Crippen molar-refractivity contribution in [2.24, 2.45) is 0 Å². The van der Waals surface area contributed by atoms with Gasteiger partial charge in [-0.15, -0.1) is 0 Å². The Hall–Kier alpha value is -3.93. The van der Waals surface area contributed by atoms with Gasteiger partial charge in [0.15, 0.2) is 15.6 Å². The molecule has 2 heterocycles. The molecule has 1 aromatic heterocycles. The molecule has 0 aliphatic carbocycles. The minimum absolute atomic E-state index is 0.0938. The summed E-state index contributed by atoms with van der Waals surface area (Å²) in [6, 6.07) is 13.2. The topological polar surface area (TPSA) is 92.4 Å². The van der Waals surface area contributed by atoms with Crippen LogP contribution in [0.4, 0.5) is 17.6 Å². The van der Waals surface area contributed by atoms with E-state index in [0.29, 0.717) is 11.3 Å². The number of carbonyl (C=O) groups excluding carboxylic acids is 1. The van der Waals surface area contributed by atoms with Crippen LogP contribution in [0, 0.1) is 5.82 Å². The van der Waals surface area contributed by atoms with Crippen molar-refractivity contribution in [1.29, 1.82) is 0 Å². The first-order valence-electron chi connectivity index (χ1n) is 12.1. The molecule has 1 N–H and O–H groups in total. The van der Waals surface area contributed by atoms with Gasteiger partial charge in [-0.25, -0.2) is 17.8 Å². The number of ether oxygens (including phenoxy) is 1. The lowest BCUT2D eigenvalue weighted by atomic mass is 10.0. The fraction of sp³-hybridized carbons (Fsp3) is 0.259. The summed E-state index contributed by atoms with van der Waals surface area (Å²) in [6.45, 7) is 1.97. The number of nitrogens with zero attached hydrogens (tertiary/aromatic N) is 2. The molecule has 39 heavy (non-hydrogen) atoms. The molecule has 1 aliphatic heterocycles. The first kappa shape index (κ1) is 26.7. The number of aromatic nitrogens is 2. The van der Waals surface area contributed by atoms with Gasteiger partial charge in [0.2, 0.25) is 0 Å². The fourth-order valence-corrected chi connectivity index (χ4v) is 5.97. The minimum Gasteiger partial charge on any atom is -0.491 e. The number of hydrogen-bond donors (Lipinski definition) is 1. The number of H-pyrrole nitrogens is 1. The summed E-state index contributed by atoms with van der Waals surface area (Å²) in [5.41, 5.74) is 3.84. The number of sulfone groups is 1. The highest BCUT2D eigenvalue weighted by molar-refractivity contribution is 7.91. The molecule has 1 amide bonds. The zero-order chi connectivity index (χ0) is 27.9. The Bertz CT molecular complexity index is 1680. The van der Waals surface area contributed by atoms with Gasteiger partial charge in [0.1, 0.15) is 23.1 Å². The zero-order valence-electron chi connectivity index (χ0n) is 20.7. The van der Waals surface area contributed by atoms with Crippen LogP contribution in [0.3, 0.4) is 0 Å². The molecule has 0 saturated heterocycles. The van der Waals surface area contributed by atoms with Gasteiger partial charge in [-0.3, -0.25) is 4.79 Å². The lowest BCUT2D eigenvalue weighted by Crippen LogP contribution is -2.33. The average Bonchev–Trinajstić information content (AvgIpc) is 3.24. The Morgan fingerprint density at radius 2 is 1.85 bits per heavy atom. The van der Waals surface area contributed by atoms with Gasteiger partial charge in [0, 0.05) is 23.2 Å². The van der Waals surface area contributed by atoms with Gasteiger partial charge in [0.05, 0.1) is 23.9 Å². The molecule has 0 bridgehead atoms. The molecule has 0 atom stereocenters. The van der Waals surface area contributed by atoms with Gasteiger partial charge in [0.25, 0.3) is 5.91 Å². The second kappa shape index (κ2) is 9.99. The van der Waals surface area contributed by atoms with Crippen molar-refractivity contribution in [2.75, 3.05) is 18.9 Å². The van der Waals surface area contributed by atoms with Crippen LogP contribution in [0.2, 0.25) is 0 Å². The number of benzene rings is 3. The van der Waals surface area contributed by atoms with Crippen molar-refractivity contribution < 1.29 is 35.5 Å². The van der Waals surface area contributed by atoms with Crippen LogP contribution in [0.5, 0.6) is 5.75 Å².